The number of nitrogens with zero attached hydrogens (tertiary/aromatic N) is 2. The van der Waals surface area contributed by atoms with Crippen LogP contribution in [0, 0.1) is 5.82 Å². The standard InChI is InChI=1S/C17H19FN4O2/c1-24-15-4-2-12(8-14(15)18)9-20-13-3-5-16(21-10-13)22-7-6-19-17(23)11-22/h2-5,8,10,20H,6-7,9,11H2,1H3,(H,19,23). The molecule has 0 atom stereocenters. The minimum atomic E-state index is -0.381. The van der Waals surface area contributed by atoms with Crippen molar-refractivity contribution in [2.24, 2.45) is 0 Å². The number of rotatable bonds is 5. The minimum Gasteiger partial charge on any atom is -0.494 e. The maximum atomic E-state index is 13.7. The van der Waals surface area contributed by atoms with E-state index in [0.29, 0.717) is 19.6 Å². The summed E-state index contributed by atoms with van der Waals surface area (Å²) in [6.45, 7) is 2.18. The quantitative estimate of drug-likeness (QED) is 0.875. The smallest absolute Gasteiger partial charge is 0.239 e. The molecule has 0 radical (unpaired) electrons. The summed E-state index contributed by atoms with van der Waals surface area (Å²) < 4.78 is 18.6. The molecule has 0 spiro atoms. The van der Waals surface area contributed by atoms with Crippen molar-refractivity contribution in [1.29, 1.82) is 0 Å². The predicted octanol–water partition coefficient (Wildman–Crippen LogP) is 1.78. The van der Waals surface area contributed by atoms with E-state index in [1.807, 2.05) is 23.1 Å². The molecular weight excluding hydrogens is 311 g/mol. The van der Waals surface area contributed by atoms with E-state index in [9.17, 15) is 9.18 Å². The lowest BCUT2D eigenvalue weighted by molar-refractivity contribution is -0.120. The predicted molar refractivity (Wildman–Crippen MR) is 89.7 cm³/mol. The number of halogens is 1. The van der Waals surface area contributed by atoms with E-state index in [1.54, 1.807) is 12.3 Å². The Morgan fingerprint density at radius 2 is 2.25 bits per heavy atom. The summed E-state index contributed by atoms with van der Waals surface area (Å²) in [7, 11) is 1.44. The number of anilines is 2. The monoisotopic (exact) mass is 330 g/mol. The number of methoxy groups -OCH3 is 1. The topological polar surface area (TPSA) is 66.5 Å². The molecule has 1 aliphatic heterocycles. The summed E-state index contributed by atoms with van der Waals surface area (Å²) in [6.07, 6.45) is 1.71. The molecular formula is C17H19FN4O2. The Balaban J connectivity index is 1.60. The Hall–Kier alpha value is -2.83. The van der Waals surface area contributed by atoms with Gasteiger partial charge in [0, 0.05) is 19.6 Å². The van der Waals surface area contributed by atoms with Crippen LogP contribution < -0.4 is 20.3 Å². The zero-order valence-corrected chi connectivity index (χ0v) is 13.4. The SMILES string of the molecule is COc1ccc(CNc2ccc(N3CCNC(=O)C3)nc2)cc1F. The molecule has 24 heavy (non-hydrogen) atoms. The van der Waals surface area contributed by atoms with Gasteiger partial charge in [0.2, 0.25) is 5.91 Å². The summed E-state index contributed by atoms with van der Waals surface area (Å²) in [5, 5.41) is 5.98. The number of aromatic nitrogens is 1. The van der Waals surface area contributed by atoms with Crippen molar-refractivity contribution in [1.82, 2.24) is 10.3 Å². The van der Waals surface area contributed by atoms with Crippen LogP contribution in [0.2, 0.25) is 0 Å². The molecule has 1 aromatic heterocycles. The van der Waals surface area contributed by atoms with Gasteiger partial charge in [0.1, 0.15) is 5.82 Å². The van der Waals surface area contributed by atoms with Crippen LogP contribution in [0.4, 0.5) is 15.9 Å². The molecule has 126 valence electrons. The number of carbonyl (C=O) groups is 1. The van der Waals surface area contributed by atoms with Crippen molar-refractivity contribution in [3.63, 3.8) is 0 Å². The maximum Gasteiger partial charge on any atom is 0.239 e. The molecule has 0 aliphatic carbocycles. The normalized spacial score (nSPS) is 14.2. The molecule has 0 saturated carbocycles. The van der Waals surface area contributed by atoms with Crippen molar-refractivity contribution < 1.29 is 13.9 Å². The van der Waals surface area contributed by atoms with Gasteiger partial charge in [-0.15, -0.1) is 0 Å². The minimum absolute atomic E-state index is 0.00628. The molecule has 0 unspecified atom stereocenters. The Bertz CT molecular complexity index is 721. The highest BCUT2D eigenvalue weighted by Gasteiger charge is 2.17. The Morgan fingerprint density at radius 3 is 2.92 bits per heavy atom. The van der Waals surface area contributed by atoms with Crippen LogP contribution in [0.1, 0.15) is 5.56 Å². The second kappa shape index (κ2) is 7.16. The molecule has 1 aliphatic rings. The van der Waals surface area contributed by atoms with E-state index >= 15 is 0 Å². The van der Waals surface area contributed by atoms with Crippen molar-refractivity contribution in [2.75, 3.05) is 37.0 Å². The van der Waals surface area contributed by atoms with Gasteiger partial charge in [-0.25, -0.2) is 9.37 Å². The van der Waals surface area contributed by atoms with Gasteiger partial charge < -0.3 is 20.3 Å². The van der Waals surface area contributed by atoms with Crippen molar-refractivity contribution in [3.05, 3.63) is 47.9 Å². The average molecular weight is 330 g/mol. The molecule has 1 aromatic carbocycles. The van der Waals surface area contributed by atoms with Crippen molar-refractivity contribution >= 4 is 17.4 Å². The van der Waals surface area contributed by atoms with Crippen LogP contribution in [0.15, 0.2) is 36.5 Å². The summed E-state index contributed by atoms with van der Waals surface area (Å²) >= 11 is 0. The van der Waals surface area contributed by atoms with Gasteiger partial charge in [-0.1, -0.05) is 6.07 Å². The van der Waals surface area contributed by atoms with E-state index in [0.717, 1.165) is 23.6 Å². The summed E-state index contributed by atoms with van der Waals surface area (Å²) in [6, 6.07) is 8.63. The molecule has 2 heterocycles. The van der Waals surface area contributed by atoms with E-state index < -0.39 is 0 Å². The van der Waals surface area contributed by atoms with E-state index in [1.165, 1.54) is 13.2 Å². The Kier molecular flexibility index (Phi) is 4.79. The summed E-state index contributed by atoms with van der Waals surface area (Å²) in [4.78, 5) is 17.7. The molecule has 1 amide bonds. The van der Waals surface area contributed by atoms with Crippen LogP contribution in [0.25, 0.3) is 0 Å². The number of hydrogen-bond acceptors (Lipinski definition) is 5. The van der Waals surface area contributed by atoms with Crippen LogP contribution in [0.5, 0.6) is 5.75 Å². The van der Waals surface area contributed by atoms with E-state index in [2.05, 4.69) is 15.6 Å². The molecule has 1 fully saturated rings. The molecule has 3 rings (SSSR count). The fourth-order valence-corrected chi connectivity index (χ4v) is 2.54. The first-order valence-electron chi connectivity index (χ1n) is 7.69. The molecule has 7 heteroatoms. The molecule has 6 nitrogen and oxygen atoms in total. The molecule has 2 N–H and O–H groups in total. The number of pyridine rings is 1. The maximum absolute atomic E-state index is 13.7. The highest BCUT2D eigenvalue weighted by atomic mass is 19.1. The third-order valence-electron chi connectivity index (χ3n) is 3.82. The summed E-state index contributed by atoms with van der Waals surface area (Å²) in [5.41, 5.74) is 1.64. The highest BCUT2D eigenvalue weighted by molar-refractivity contribution is 5.82. The lowest BCUT2D eigenvalue weighted by atomic mass is 10.2. The second-order valence-corrected chi connectivity index (χ2v) is 5.50. The lowest BCUT2D eigenvalue weighted by Crippen LogP contribution is -2.48. The van der Waals surface area contributed by atoms with Crippen LogP contribution in [0.3, 0.4) is 0 Å². The number of nitrogens with one attached hydrogen (secondary N) is 2. The van der Waals surface area contributed by atoms with E-state index in [4.69, 9.17) is 4.74 Å². The Morgan fingerprint density at radius 1 is 1.38 bits per heavy atom. The summed E-state index contributed by atoms with van der Waals surface area (Å²) in [5.74, 6) is 0.627. The number of ether oxygens (including phenoxy) is 1. The van der Waals surface area contributed by atoms with Crippen LogP contribution in [-0.2, 0) is 11.3 Å². The largest absolute Gasteiger partial charge is 0.494 e. The van der Waals surface area contributed by atoms with Crippen LogP contribution >= 0.6 is 0 Å². The third kappa shape index (κ3) is 3.73. The van der Waals surface area contributed by atoms with Gasteiger partial charge in [0.05, 0.1) is 25.5 Å². The van der Waals surface area contributed by atoms with Gasteiger partial charge in [-0.2, -0.15) is 0 Å². The molecule has 1 saturated heterocycles. The van der Waals surface area contributed by atoms with Gasteiger partial charge in [0.15, 0.2) is 11.6 Å². The zero-order chi connectivity index (χ0) is 16.9. The number of piperazine rings is 1. The van der Waals surface area contributed by atoms with Crippen molar-refractivity contribution in [2.45, 2.75) is 6.54 Å². The number of amides is 1. The number of hydrogen-bond donors (Lipinski definition) is 2. The first-order chi connectivity index (χ1) is 11.7. The van der Waals surface area contributed by atoms with Crippen LogP contribution in [-0.4, -0.2) is 37.6 Å². The second-order valence-electron chi connectivity index (χ2n) is 5.50. The van der Waals surface area contributed by atoms with Gasteiger partial charge in [0.25, 0.3) is 0 Å². The first-order valence-corrected chi connectivity index (χ1v) is 7.69. The fraction of sp³-hybridized carbons (Fsp3) is 0.294. The third-order valence-corrected chi connectivity index (χ3v) is 3.82. The number of carbonyl (C=O) groups excluding carboxylic acids is 1. The zero-order valence-electron chi connectivity index (χ0n) is 13.4. The fourth-order valence-electron chi connectivity index (χ4n) is 2.54. The Labute approximate surface area is 139 Å². The van der Waals surface area contributed by atoms with Gasteiger partial charge >= 0.3 is 0 Å². The van der Waals surface area contributed by atoms with Crippen molar-refractivity contribution in [3.8, 4) is 5.75 Å². The number of benzene rings is 1. The van der Waals surface area contributed by atoms with E-state index in [-0.39, 0.29) is 17.5 Å². The van der Waals surface area contributed by atoms with Gasteiger partial charge in [-0.05, 0) is 29.8 Å². The lowest BCUT2D eigenvalue weighted by Gasteiger charge is -2.27. The van der Waals surface area contributed by atoms with Gasteiger partial charge in [-0.3, -0.25) is 4.79 Å². The highest BCUT2D eigenvalue weighted by Crippen LogP contribution is 2.19. The average Bonchev–Trinajstić information content (AvgIpc) is 2.60. The first kappa shape index (κ1) is 16.0. The molecule has 0 bridgehead atoms. The molecule has 2 aromatic rings.